The predicted molar refractivity (Wildman–Crippen MR) is 83.3 cm³/mol. The monoisotopic (exact) mass is 341 g/mol. The number of benzene rings is 1. The van der Waals surface area contributed by atoms with Crippen molar-refractivity contribution in [1.82, 2.24) is 4.31 Å². The minimum absolute atomic E-state index is 0.187. The highest BCUT2D eigenvalue weighted by Crippen LogP contribution is 2.40. The summed E-state index contributed by atoms with van der Waals surface area (Å²) < 4.78 is 35.4. The van der Waals surface area contributed by atoms with Gasteiger partial charge in [0.15, 0.2) is 5.60 Å². The van der Waals surface area contributed by atoms with Crippen LogP contribution < -0.4 is 4.74 Å². The van der Waals surface area contributed by atoms with Gasteiger partial charge in [-0.25, -0.2) is 12.7 Å². The third kappa shape index (κ3) is 2.74. The highest BCUT2D eigenvalue weighted by molar-refractivity contribution is 7.89. The molecule has 126 valence electrons. The van der Waals surface area contributed by atoms with Crippen LogP contribution in [0.4, 0.5) is 0 Å². The van der Waals surface area contributed by atoms with Gasteiger partial charge in [-0.2, -0.15) is 0 Å². The molecule has 1 unspecified atom stereocenters. The zero-order valence-corrected chi connectivity index (χ0v) is 14.2. The molecule has 0 amide bonds. The molecule has 23 heavy (non-hydrogen) atoms. The molecule has 0 spiro atoms. The fourth-order valence-corrected chi connectivity index (χ4v) is 3.02. The lowest BCUT2D eigenvalue weighted by atomic mass is 9.91. The van der Waals surface area contributed by atoms with E-state index in [2.05, 4.69) is 0 Å². The van der Waals surface area contributed by atoms with E-state index in [4.69, 9.17) is 9.47 Å². The molecule has 0 bridgehead atoms. The molecule has 0 fully saturated rings. The van der Waals surface area contributed by atoms with Crippen molar-refractivity contribution >= 4 is 15.8 Å². The van der Waals surface area contributed by atoms with E-state index in [-0.39, 0.29) is 11.6 Å². The largest absolute Gasteiger partial charge is 0.501 e. The average Bonchev–Trinajstić information content (AvgIpc) is 2.79. The van der Waals surface area contributed by atoms with Gasteiger partial charge in [0.25, 0.3) is 11.7 Å². The Kier molecular flexibility index (Phi) is 4.30. The van der Waals surface area contributed by atoms with Crippen LogP contribution in [0.5, 0.6) is 5.75 Å². The van der Waals surface area contributed by atoms with E-state index in [9.17, 15) is 18.3 Å². The molecule has 8 heteroatoms. The Morgan fingerprint density at radius 2 is 2.04 bits per heavy atom. The SMILES string of the molecule is CCS(=O)(=O)N(C)C1=C(O)C(=O)C(C)(c2cccc(OC)c2)O1. The fourth-order valence-electron chi connectivity index (χ4n) is 2.25. The van der Waals surface area contributed by atoms with Crippen LogP contribution in [0.2, 0.25) is 0 Å². The molecule has 0 aliphatic carbocycles. The lowest BCUT2D eigenvalue weighted by Gasteiger charge is -2.26. The maximum atomic E-state index is 12.5. The Balaban J connectivity index is 2.45. The molecule has 0 saturated heterocycles. The minimum Gasteiger partial charge on any atom is -0.501 e. The van der Waals surface area contributed by atoms with Gasteiger partial charge in [-0.1, -0.05) is 12.1 Å². The van der Waals surface area contributed by atoms with Crippen LogP contribution >= 0.6 is 0 Å². The number of methoxy groups -OCH3 is 1. The van der Waals surface area contributed by atoms with Gasteiger partial charge >= 0.3 is 0 Å². The van der Waals surface area contributed by atoms with E-state index in [1.165, 1.54) is 28.0 Å². The molecule has 1 atom stereocenters. The normalized spacial score (nSPS) is 21.3. The van der Waals surface area contributed by atoms with Crippen molar-refractivity contribution in [3.63, 3.8) is 0 Å². The number of aliphatic hydroxyl groups is 1. The number of carbonyl (C=O) groups excluding carboxylic acids is 1. The molecule has 0 saturated carbocycles. The molecule has 0 radical (unpaired) electrons. The van der Waals surface area contributed by atoms with E-state index in [1.54, 1.807) is 24.3 Å². The summed E-state index contributed by atoms with van der Waals surface area (Å²) in [5.41, 5.74) is -1.07. The molecule has 1 aliphatic rings. The number of carbonyl (C=O) groups is 1. The van der Waals surface area contributed by atoms with Gasteiger partial charge in [0.2, 0.25) is 15.8 Å². The van der Waals surface area contributed by atoms with E-state index in [0.717, 1.165) is 4.31 Å². The van der Waals surface area contributed by atoms with Crippen molar-refractivity contribution in [1.29, 1.82) is 0 Å². The topological polar surface area (TPSA) is 93.1 Å². The standard InChI is InChI=1S/C15H19NO6S/c1-5-23(19,20)16(3)14-12(17)13(18)15(2,22-14)10-7-6-8-11(9-10)21-4/h6-9,17H,5H2,1-4H3. The fraction of sp³-hybridized carbons (Fsp3) is 0.400. The Bertz CT molecular complexity index is 770. The smallest absolute Gasteiger partial charge is 0.251 e. The summed E-state index contributed by atoms with van der Waals surface area (Å²) in [5.74, 6) is -1.47. The number of nitrogens with zero attached hydrogens (tertiary/aromatic N) is 1. The number of aliphatic hydroxyl groups excluding tert-OH is 1. The quantitative estimate of drug-likeness (QED) is 0.873. The molecule has 1 aromatic carbocycles. The average molecular weight is 341 g/mol. The van der Waals surface area contributed by atoms with Crippen molar-refractivity contribution in [2.75, 3.05) is 19.9 Å². The summed E-state index contributed by atoms with van der Waals surface area (Å²) in [6.45, 7) is 2.93. The summed E-state index contributed by atoms with van der Waals surface area (Å²) in [7, 11) is -0.951. The van der Waals surface area contributed by atoms with Crippen LogP contribution in [0, 0.1) is 0 Å². The summed E-state index contributed by atoms with van der Waals surface area (Å²) >= 11 is 0. The van der Waals surface area contributed by atoms with Crippen LogP contribution in [-0.4, -0.2) is 43.5 Å². The number of ketones is 1. The maximum absolute atomic E-state index is 12.5. The molecule has 1 N–H and O–H groups in total. The number of Topliss-reactive ketones (excluding diaryl/α,β-unsaturated/α-hetero) is 1. The van der Waals surface area contributed by atoms with Crippen molar-refractivity contribution in [2.24, 2.45) is 0 Å². The number of hydrogen-bond donors (Lipinski definition) is 1. The lowest BCUT2D eigenvalue weighted by Crippen LogP contribution is -2.33. The molecule has 0 aromatic heterocycles. The first-order valence-corrected chi connectivity index (χ1v) is 8.56. The van der Waals surface area contributed by atoms with Gasteiger partial charge in [-0.15, -0.1) is 0 Å². The summed E-state index contributed by atoms with van der Waals surface area (Å²) in [4.78, 5) is 12.5. The van der Waals surface area contributed by atoms with Crippen LogP contribution in [0.25, 0.3) is 0 Å². The number of rotatable bonds is 5. The van der Waals surface area contributed by atoms with E-state index >= 15 is 0 Å². The Morgan fingerprint density at radius 1 is 1.39 bits per heavy atom. The molecular formula is C15H19NO6S. The highest BCUT2D eigenvalue weighted by atomic mass is 32.2. The van der Waals surface area contributed by atoms with Crippen molar-refractivity contribution < 1.29 is 27.8 Å². The van der Waals surface area contributed by atoms with Gasteiger partial charge in [-0.05, 0) is 26.0 Å². The maximum Gasteiger partial charge on any atom is 0.251 e. The van der Waals surface area contributed by atoms with Gasteiger partial charge in [-0.3, -0.25) is 4.79 Å². The van der Waals surface area contributed by atoms with Crippen LogP contribution in [0.1, 0.15) is 19.4 Å². The summed E-state index contributed by atoms with van der Waals surface area (Å²) in [6, 6.07) is 6.62. The molecule has 7 nitrogen and oxygen atoms in total. The third-order valence-electron chi connectivity index (χ3n) is 3.84. The molecule has 1 heterocycles. The van der Waals surface area contributed by atoms with Crippen LogP contribution in [0.3, 0.4) is 0 Å². The Morgan fingerprint density at radius 3 is 2.61 bits per heavy atom. The lowest BCUT2D eigenvalue weighted by molar-refractivity contribution is -0.132. The van der Waals surface area contributed by atoms with Gasteiger partial charge in [0, 0.05) is 12.6 Å². The molecule has 1 aromatic rings. The zero-order chi connectivity index (χ0) is 17.4. The van der Waals surface area contributed by atoms with Crippen molar-refractivity contribution in [3.05, 3.63) is 41.5 Å². The number of hydrogen-bond acceptors (Lipinski definition) is 6. The number of ether oxygens (including phenoxy) is 2. The van der Waals surface area contributed by atoms with Crippen molar-refractivity contribution in [2.45, 2.75) is 19.4 Å². The second kappa shape index (κ2) is 5.77. The first-order chi connectivity index (χ1) is 10.7. The summed E-state index contributed by atoms with van der Waals surface area (Å²) in [6.07, 6.45) is 0. The highest BCUT2D eigenvalue weighted by Gasteiger charge is 2.50. The third-order valence-corrected chi connectivity index (χ3v) is 5.57. The molecule has 2 rings (SSSR count). The van der Waals surface area contributed by atoms with Gasteiger partial charge in [0.05, 0.1) is 12.9 Å². The Labute approximate surface area is 135 Å². The minimum atomic E-state index is -3.67. The van der Waals surface area contributed by atoms with Crippen LogP contribution in [-0.2, 0) is 25.2 Å². The van der Waals surface area contributed by atoms with E-state index in [1.807, 2.05) is 0 Å². The Hall–Kier alpha value is -2.22. The van der Waals surface area contributed by atoms with Gasteiger partial charge < -0.3 is 14.6 Å². The molecule has 1 aliphatic heterocycles. The van der Waals surface area contributed by atoms with E-state index < -0.39 is 27.2 Å². The second-order valence-corrected chi connectivity index (χ2v) is 7.51. The predicted octanol–water partition coefficient (Wildman–Crippen LogP) is 1.52. The van der Waals surface area contributed by atoms with E-state index in [0.29, 0.717) is 11.3 Å². The first-order valence-electron chi connectivity index (χ1n) is 6.95. The number of sulfonamides is 1. The van der Waals surface area contributed by atoms with Crippen LogP contribution in [0.15, 0.2) is 35.9 Å². The molecular weight excluding hydrogens is 322 g/mol. The van der Waals surface area contributed by atoms with Gasteiger partial charge in [0.1, 0.15) is 5.75 Å². The first kappa shape index (κ1) is 17.1. The van der Waals surface area contributed by atoms with Crippen molar-refractivity contribution in [3.8, 4) is 5.75 Å². The second-order valence-electron chi connectivity index (χ2n) is 5.22. The zero-order valence-electron chi connectivity index (χ0n) is 13.4. The summed E-state index contributed by atoms with van der Waals surface area (Å²) in [5, 5.41) is 10.1.